The van der Waals surface area contributed by atoms with Crippen molar-refractivity contribution in [2.24, 2.45) is 5.92 Å². The Hall–Kier alpha value is -1.02. The maximum atomic E-state index is 10.2. The van der Waals surface area contributed by atoms with E-state index >= 15 is 0 Å². The van der Waals surface area contributed by atoms with E-state index in [1.54, 1.807) is 0 Å². The first kappa shape index (κ1) is 12.0. The van der Waals surface area contributed by atoms with Crippen molar-refractivity contribution in [3.8, 4) is 5.75 Å². The fraction of sp³-hybridized carbons (Fsp3) is 0.625. The SMILES string of the molecule is O[C@@H]1CC(CC2CCCCC2)Oc2ccccc21. The van der Waals surface area contributed by atoms with Gasteiger partial charge in [0.25, 0.3) is 0 Å². The van der Waals surface area contributed by atoms with Crippen LogP contribution in [0.5, 0.6) is 5.75 Å². The first-order valence-corrected chi connectivity index (χ1v) is 7.26. The Morgan fingerprint density at radius 2 is 1.89 bits per heavy atom. The highest BCUT2D eigenvalue weighted by molar-refractivity contribution is 5.36. The van der Waals surface area contributed by atoms with Gasteiger partial charge in [0.1, 0.15) is 11.9 Å². The third-order valence-corrected chi connectivity index (χ3v) is 4.38. The number of aliphatic hydroxyl groups excluding tert-OH is 1. The molecular formula is C16H22O2. The molecule has 0 aromatic heterocycles. The highest BCUT2D eigenvalue weighted by Gasteiger charge is 2.28. The Morgan fingerprint density at radius 1 is 1.11 bits per heavy atom. The van der Waals surface area contributed by atoms with E-state index in [-0.39, 0.29) is 12.2 Å². The lowest BCUT2D eigenvalue weighted by Crippen LogP contribution is -2.28. The van der Waals surface area contributed by atoms with Crippen LogP contribution < -0.4 is 4.74 Å². The molecule has 1 saturated carbocycles. The topological polar surface area (TPSA) is 29.5 Å². The van der Waals surface area contributed by atoms with Crippen molar-refractivity contribution in [3.63, 3.8) is 0 Å². The summed E-state index contributed by atoms with van der Waals surface area (Å²) in [4.78, 5) is 0. The zero-order chi connectivity index (χ0) is 12.4. The summed E-state index contributed by atoms with van der Waals surface area (Å²) in [5.74, 6) is 1.69. The minimum absolute atomic E-state index is 0.206. The summed E-state index contributed by atoms with van der Waals surface area (Å²) < 4.78 is 6.05. The molecule has 2 atom stereocenters. The van der Waals surface area contributed by atoms with Crippen LogP contribution in [0.1, 0.15) is 56.6 Å². The molecule has 1 aliphatic carbocycles. The summed E-state index contributed by atoms with van der Waals surface area (Å²) in [5.41, 5.74) is 0.956. The molecular weight excluding hydrogens is 224 g/mol. The van der Waals surface area contributed by atoms with E-state index in [1.807, 2.05) is 24.3 Å². The van der Waals surface area contributed by atoms with E-state index in [4.69, 9.17) is 4.74 Å². The predicted molar refractivity (Wildman–Crippen MR) is 71.6 cm³/mol. The lowest BCUT2D eigenvalue weighted by molar-refractivity contribution is 0.0494. The van der Waals surface area contributed by atoms with E-state index in [2.05, 4.69) is 0 Å². The highest BCUT2D eigenvalue weighted by Crippen LogP contribution is 2.38. The summed E-state index contributed by atoms with van der Waals surface area (Å²) in [5, 5.41) is 10.2. The average molecular weight is 246 g/mol. The molecule has 1 aromatic rings. The molecule has 1 heterocycles. The van der Waals surface area contributed by atoms with Crippen LogP contribution in [0.3, 0.4) is 0 Å². The maximum absolute atomic E-state index is 10.2. The lowest BCUT2D eigenvalue weighted by atomic mass is 9.83. The molecule has 1 unspecified atom stereocenters. The first-order chi connectivity index (χ1) is 8.83. The predicted octanol–water partition coefficient (Wildman–Crippen LogP) is 3.84. The molecule has 98 valence electrons. The average Bonchev–Trinajstić information content (AvgIpc) is 2.40. The second-order valence-corrected chi connectivity index (χ2v) is 5.77. The van der Waals surface area contributed by atoms with Gasteiger partial charge in [0.2, 0.25) is 0 Å². The molecule has 2 nitrogen and oxygen atoms in total. The van der Waals surface area contributed by atoms with Crippen molar-refractivity contribution in [2.75, 3.05) is 0 Å². The molecule has 0 spiro atoms. The molecule has 2 heteroatoms. The monoisotopic (exact) mass is 246 g/mol. The van der Waals surface area contributed by atoms with E-state index < -0.39 is 0 Å². The van der Waals surface area contributed by atoms with Gasteiger partial charge in [-0.25, -0.2) is 0 Å². The quantitative estimate of drug-likeness (QED) is 0.859. The molecule has 18 heavy (non-hydrogen) atoms. The number of aliphatic hydroxyl groups is 1. The molecule has 1 aliphatic heterocycles. The Labute approximate surface area is 109 Å². The van der Waals surface area contributed by atoms with Gasteiger partial charge < -0.3 is 9.84 Å². The smallest absolute Gasteiger partial charge is 0.125 e. The second kappa shape index (κ2) is 5.31. The largest absolute Gasteiger partial charge is 0.490 e. The van der Waals surface area contributed by atoms with Crippen molar-refractivity contribution < 1.29 is 9.84 Å². The van der Waals surface area contributed by atoms with Gasteiger partial charge in [0, 0.05) is 12.0 Å². The summed E-state index contributed by atoms with van der Waals surface area (Å²) in [6.07, 6.45) is 8.57. The molecule has 2 aliphatic rings. The van der Waals surface area contributed by atoms with Gasteiger partial charge in [-0.1, -0.05) is 50.3 Å². The number of rotatable bonds is 2. The van der Waals surface area contributed by atoms with Crippen molar-refractivity contribution in [1.29, 1.82) is 0 Å². The van der Waals surface area contributed by atoms with Crippen LogP contribution in [0.4, 0.5) is 0 Å². The van der Waals surface area contributed by atoms with Crippen molar-refractivity contribution in [3.05, 3.63) is 29.8 Å². The van der Waals surface area contributed by atoms with Gasteiger partial charge in [-0.15, -0.1) is 0 Å². The fourth-order valence-corrected chi connectivity index (χ4v) is 3.41. The minimum atomic E-state index is -0.344. The number of para-hydroxylation sites is 1. The maximum Gasteiger partial charge on any atom is 0.125 e. The molecule has 1 fully saturated rings. The molecule has 0 bridgehead atoms. The van der Waals surface area contributed by atoms with Gasteiger partial charge in [0.05, 0.1) is 6.10 Å². The normalized spacial score (nSPS) is 28.5. The number of hydrogen-bond acceptors (Lipinski definition) is 2. The number of fused-ring (bicyclic) bond motifs is 1. The Bertz CT molecular complexity index is 396. The lowest BCUT2D eigenvalue weighted by Gasteiger charge is -2.33. The number of ether oxygens (including phenoxy) is 1. The molecule has 0 radical (unpaired) electrons. The van der Waals surface area contributed by atoms with Gasteiger partial charge >= 0.3 is 0 Å². The Morgan fingerprint density at radius 3 is 2.72 bits per heavy atom. The van der Waals surface area contributed by atoms with Crippen molar-refractivity contribution in [1.82, 2.24) is 0 Å². The molecule has 1 aromatic carbocycles. The Kier molecular flexibility index (Phi) is 3.55. The third kappa shape index (κ3) is 2.54. The highest BCUT2D eigenvalue weighted by atomic mass is 16.5. The second-order valence-electron chi connectivity index (χ2n) is 5.77. The van der Waals surface area contributed by atoms with Crippen LogP contribution in [0.15, 0.2) is 24.3 Å². The fourth-order valence-electron chi connectivity index (χ4n) is 3.41. The molecule has 1 N–H and O–H groups in total. The molecule has 0 amide bonds. The van der Waals surface area contributed by atoms with E-state index in [0.717, 1.165) is 30.1 Å². The summed E-state index contributed by atoms with van der Waals surface area (Å²) >= 11 is 0. The number of benzene rings is 1. The van der Waals surface area contributed by atoms with E-state index in [9.17, 15) is 5.11 Å². The van der Waals surface area contributed by atoms with Crippen LogP contribution in [0.25, 0.3) is 0 Å². The van der Waals surface area contributed by atoms with Crippen LogP contribution in [0, 0.1) is 5.92 Å². The third-order valence-electron chi connectivity index (χ3n) is 4.38. The van der Waals surface area contributed by atoms with E-state index in [0.29, 0.717) is 0 Å². The summed E-state index contributed by atoms with van der Waals surface area (Å²) in [6.45, 7) is 0. The van der Waals surface area contributed by atoms with Crippen molar-refractivity contribution in [2.45, 2.75) is 57.2 Å². The van der Waals surface area contributed by atoms with Gasteiger partial charge in [-0.3, -0.25) is 0 Å². The number of hydrogen-bond donors (Lipinski definition) is 1. The van der Waals surface area contributed by atoms with Gasteiger partial charge in [0.15, 0.2) is 0 Å². The first-order valence-electron chi connectivity index (χ1n) is 7.26. The minimum Gasteiger partial charge on any atom is -0.490 e. The van der Waals surface area contributed by atoms with Gasteiger partial charge in [-0.05, 0) is 18.4 Å². The van der Waals surface area contributed by atoms with Crippen LogP contribution in [-0.2, 0) is 0 Å². The molecule has 3 rings (SSSR count). The van der Waals surface area contributed by atoms with Crippen LogP contribution >= 0.6 is 0 Å². The molecule has 0 saturated heterocycles. The zero-order valence-electron chi connectivity index (χ0n) is 10.8. The van der Waals surface area contributed by atoms with Crippen molar-refractivity contribution >= 4 is 0 Å². The van der Waals surface area contributed by atoms with Gasteiger partial charge in [-0.2, -0.15) is 0 Å². The summed E-state index contributed by atoms with van der Waals surface area (Å²) in [6, 6.07) is 7.89. The summed E-state index contributed by atoms with van der Waals surface area (Å²) in [7, 11) is 0. The Balaban J connectivity index is 1.66. The van der Waals surface area contributed by atoms with E-state index in [1.165, 1.54) is 32.1 Å². The standard InChI is InChI=1S/C16H22O2/c17-15-11-13(10-12-6-2-1-3-7-12)18-16-9-5-4-8-14(15)16/h4-5,8-9,12-13,15,17H,1-3,6-7,10-11H2/t13?,15-/m1/s1. The van der Waals surface area contributed by atoms with Crippen LogP contribution in [0.2, 0.25) is 0 Å². The van der Waals surface area contributed by atoms with Crippen LogP contribution in [-0.4, -0.2) is 11.2 Å². The zero-order valence-corrected chi connectivity index (χ0v) is 10.8.